The Kier molecular flexibility index (Phi) is 5.38. The van der Waals surface area contributed by atoms with Crippen molar-refractivity contribution in [1.82, 2.24) is 0 Å². The van der Waals surface area contributed by atoms with E-state index in [0.29, 0.717) is 5.69 Å². The van der Waals surface area contributed by atoms with Crippen LogP contribution in [0.15, 0.2) is 24.3 Å². The average Bonchev–Trinajstić information content (AvgIpc) is 2.30. The SMILES string of the molecule is CC(C)C(CN)C(=O)Nc1ccc(OC(F)(F)F)cc1. The molecule has 7 heteroatoms. The van der Waals surface area contributed by atoms with E-state index < -0.39 is 6.36 Å². The predicted molar refractivity (Wildman–Crippen MR) is 69.1 cm³/mol. The Balaban J connectivity index is 2.68. The molecule has 0 saturated carbocycles. The van der Waals surface area contributed by atoms with Gasteiger partial charge in [0, 0.05) is 12.2 Å². The Morgan fingerprint density at radius 3 is 2.25 bits per heavy atom. The lowest BCUT2D eigenvalue weighted by Crippen LogP contribution is -2.33. The van der Waals surface area contributed by atoms with E-state index in [2.05, 4.69) is 10.1 Å². The highest BCUT2D eigenvalue weighted by Gasteiger charge is 2.31. The van der Waals surface area contributed by atoms with E-state index in [1.807, 2.05) is 13.8 Å². The van der Waals surface area contributed by atoms with Crippen LogP contribution in [0.3, 0.4) is 0 Å². The van der Waals surface area contributed by atoms with Crippen LogP contribution in [-0.4, -0.2) is 18.8 Å². The molecule has 4 nitrogen and oxygen atoms in total. The lowest BCUT2D eigenvalue weighted by atomic mass is 9.95. The molecule has 3 N–H and O–H groups in total. The van der Waals surface area contributed by atoms with Gasteiger partial charge in [0.1, 0.15) is 5.75 Å². The topological polar surface area (TPSA) is 64.4 Å². The van der Waals surface area contributed by atoms with Crippen LogP contribution in [0, 0.1) is 11.8 Å². The number of amides is 1. The minimum atomic E-state index is -4.73. The average molecular weight is 290 g/mol. The van der Waals surface area contributed by atoms with E-state index in [9.17, 15) is 18.0 Å². The van der Waals surface area contributed by atoms with Crippen LogP contribution in [0.2, 0.25) is 0 Å². The van der Waals surface area contributed by atoms with Crippen molar-refractivity contribution in [1.29, 1.82) is 0 Å². The number of benzene rings is 1. The van der Waals surface area contributed by atoms with Gasteiger partial charge in [0.05, 0.1) is 5.92 Å². The summed E-state index contributed by atoms with van der Waals surface area (Å²) >= 11 is 0. The Labute approximate surface area is 115 Å². The van der Waals surface area contributed by atoms with Gasteiger partial charge >= 0.3 is 6.36 Å². The lowest BCUT2D eigenvalue weighted by molar-refractivity contribution is -0.274. The molecule has 0 saturated heterocycles. The number of rotatable bonds is 5. The first-order chi connectivity index (χ1) is 9.23. The zero-order valence-corrected chi connectivity index (χ0v) is 11.2. The molecule has 1 aromatic carbocycles. The molecule has 0 aliphatic carbocycles. The number of ether oxygens (including phenoxy) is 1. The van der Waals surface area contributed by atoms with Gasteiger partial charge in [0.15, 0.2) is 0 Å². The van der Waals surface area contributed by atoms with Gasteiger partial charge < -0.3 is 15.8 Å². The molecule has 1 atom stereocenters. The highest BCUT2D eigenvalue weighted by molar-refractivity contribution is 5.92. The molecule has 0 bridgehead atoms. The van der Waals surface area contributed by atoms with Gasteiger partial charge in [-0.05, 0) is 30.2 Å². The predicted octanol–water partition coefficient (Wildman–Crippen LogP) is 2.75. The summed E-state index contributed by atoms with van der Waals surface area (Å²) in [5.74, 6) is -0.865. The van der Waals surface area contributed by atoms with E-state index in [-0.39, 0.29) is 30.0 Å². The first kappa shape index (κ1) is 16.3. The van der Waals surface area contributed by atoms with Gasteiger partial charge in [0.25, 0.3) is 0 Å². The molecule has 1 rings (SSSR count). The van der Waals surface area contributed by atoms with Gasteiger partial charge in [-0.1, -0.05) is 13.8 Å². The summed E-state index contributed by atoms with van der Waals surface area (Å²) in [6.45, 7) is 3.95. The van der Waals surface area contributed by atoms with E-state index in [0.717, 1.165) is 12.1 Å². The number of halogens is 3. The third kappa shape index (κ3) is 5.08. The van der Waals surface area contributed by atoms with Crippen LogP contribution in [0.1, 0.15) is 13.8 Å². The van der Waals surface area contributed by atoms with Crippen LogP contribution >= 0.6 is 0 Å². The normalized spacial score (nSPS) is 13.2. The van der Waals surface area contributed by atoms with Crippen molar-refractivity contribution in [3.63, 3.8) is 0 Å². The molecule has 0 aliphatic heterocycles. The molecular weight excluding hydrogens is 273 g/mol. The summed E-state index contributed by atoms with van der Waals surface area (Å²) in [7, 11) is 0. The number of nitrogens with two attached hydrogens (primary N) is 1. The van der Waals surface area contributed by atoms with Crippen LogP contribution in [0.25, 0.3) is 0 Å². The fourth-order valence-corrected chi connectivity index (χ4v) is 1.66. The second-order valence-electron chi connectivity index (χ2n) is 4.65. The fraction of sp³-hybridized carbons (Fsp3) is 0.462. The van der Waals surface area contributed by atoms with Gasteiger partial charge in [0.2, 0.25) is 5.91 Å². The van der Waals surface area contributed by atoms with Crippen LogP contribution < -0.4 is 15.8 Å². The van der Waals surface area contributed by atoms with E-state index in [1.54, 1.807) is 0 Å². The highest BCUT2D eigenvalue weighted by Crippen LogP contribution is 2.24. The molecule has 1 unspecified atom stereocenters. The van der Waals surface area contributed by atoms with Gasteiger partial charge in [-0.2, -0.15) is 0 Å². The van der Waals surface area contributed by atoms with Crippen molar-refractivity contribution in [2.24, 2.45) is 17.6 Å². The Hall–Kier alpha value is -1.76. The Morgan fingerprint density at radius 1 is 1.30 bits per heavy atom. The quantitative estimate of drug-likeness (QED) is 0.876. The number of alkyl halides is 3. The number of hydrogen-bond donors (Lipinski definition) is 2. The second-order valence-corrected chi connectivity index (χ2v) is 4.65. The standard InChI is InChI=1S/C13H17F3N2O2/c1-8(2)11(7-17)12(19)18-9-3-5-10(6-4-9)20-13(14,15)16/h3-6,8,11H,7,17H2,1-2H3,(H,18,19). The van der Waals surface area contributed by atoms with Crippen LogP contribution in [0.4, 0.5) is 18.9 Å². The number of carbonyl (C=O) groups excluding carboxylic acids is 1. The summed E-state index contributed by atoms with van der Waals surface area (Å²) in [6.07, 6.45) is -4.73. The number of hydrogen-bond acceptors (Lipinski definition) is 3. The molecule has 20 heavy (non-hydrogen) atoms. The van der Waals surface area contributed by atoms with Crippen molar-refractivity contribution in [2.75, 3.05) is 11.9 Å². The zero-order chi connectivity index (χ0) is 15.3. The first-order valence-electron chi connectivity index (χ1n) is 6.09. The minimum Gasteiger partial charge on any atom is -0.406 e. The highest BCUT2D eigenvalue weighted by atomic mass is 19.4. The number of anilines is 1. The first-order valence-corrected chi connectivity index (χ1v) is 6.09. The monoisotopic (exact) mass is 290 g/mol. The maximum absolute atomic E-state index is 12.0. The molecule has 1 aromatic rings. The Morgan fingerprint density at radius 2 is 1.85 bits per heavy atom. The molecule has 0 radical (unpaired) electrons. The van der Waals surface area contributed by atoms with Crippen molar-refractivity contribution < 1.29 is 22.7 Å². The Bertz CT molecular complexity index is 444. The summed E-state index contributed by atoms with van der Waals surface area (Å²) in [4.78, 5) is 11.9. The summed E-state index contributed by atoms with van der Waals surface area (Å²) in [5, 5.41) is 2.61. The fourth-order valence-electron chi connectivity index (χ4n) is 1.66. The summed E-state index contributed by atoms with van der Waals surface area (Å²) < 4.78 is 39.7. The van der Waals surface area contributed by atoms with E-state index in [1.165, 1.54) is 12.1 Å². The van der Waals surface area contributed by atoms with Crippen molar-refractivity contribution in [3.05, 3.63) is 24.3 Å². The van der Waals surface area contributed by atoms with Gasteiger partial charge in [-0.3, -0.25) is 4.79 Å². The van der Waals surface area contributed by atoms with Crippen LogP contribution in [0.5, 0.6) is 5.75 Å². The molecule has 0 aliphatic rings. The second kappa shape index (κ2) is 6.60. The third-order valence-corrected chi connectivity index (χ3v) is 2.75. The molecular formula is C13H17F3N2O2. The summed E-state index contributed by atoms with van der Waals surface area (Å²) in [6, 6.07) is 4.95. The van der Waals surface area contributed by atoms with Crippen molar-refractivity contribution >= 4 is 11.6 Å². The zero-order valence-electron chi connectivity index (χ0n) is 11.2. The molecule has 0 aromatic heterocycles. The smallest absolute Gasteiger partial charge is 0.406 e. The molecule has 0 heterocycles. The minimum absolute atomic E-state index is 0.0767. The molecule has 0 spiro atoms. The molecule has 112 valence electrons. The number of nitrogens with one attached hydrogen (secondary N) is 1. The molecule has 1 amide bonds. The lowest BCUT2D eigenvalue weighted by Gasteiger charge is -2.18. The number of carbonyl (C=O) groups is 1. The molecule has 0 fully saturated rings. The van der Waals surface area contributed by atoms with Crippen LogP contribution in [-0.2, 0) is 4.79 Å². The van der Waals surface area contributed by atoms with Gasteiger partial charge in [-0.25, -0.2) is 0 Å². The largest absolute Gasteiger partial charge is 0.573 e. The third-order valence-electron chi connectivity index (χ3n) is 2.75. The summed E-state index contributed by atoms with van der Waals surface area (Å²) in [5.41, 5.74) is 5.91. The van der Waals surface area contributed by atoms with Crippen molar-refractivity contribution in [2.45, 2.75) is 20.2 Å². The van der Waals surface area contributed by atoms with Gasteiger partial charge in [-0.15, -0.1) is 13.2 Å². The van der Waals surface area contributed by atoms with E-state index >= 15 is 0 Å². The maximum atomic E-state index is 12.0. The maximum Gasteiger partial charge on any atom is 0.573 e. The van der Waals surface area contributed by atoms with Crippen molar-refractivity contribution in [3.8, 4) is 5.75 Å². The van der Waals surface area contributed by atoms with E-state index in [4.69, 9.17) is 5.73 Å².